The predicted octanol–water partition coefficient (Wildman–Crippen LogP) is 1.90. The van der Waals surface area contributed by atoms with Crippen LogP contribution in [0, 0.1) is 0 Å². The van der Waals surface area contributed by atoms with Crippen LogP contribution in [0.3, 0.4) is 0 Å². The Bertz CT molecular complexity index is 317. The number of rotatable bonds is 3. The van der Waals surface area contributed by atoms with Crippen LogP contribution in [0.15, 0.2) is 18.2 Å². The summed E-state index contributed by atoms with van der Waals surface area (Å²) in [6.45, 7) is 2.12. The van der Waals surface area contributed by atoms with Crippen LogP contribution < -0.4 is 14.8 Å². The Balaban J connectivity index is 2.12. The number of benzene rings is 1. The van der Waals surface area contributed by atoms with E-state index in [0.29, 0.717) is 13.2 Å². The summed E-state index contributed by atoms with van der Waals surface area (Å²) in [4.78, 5) is 0. The van der Waals surface area contributed by atoms with Crippen LogP contribution in [0.4, 0.5) is 0 Å². The molecule has 1 N–H and O–H groups in total. The van der Waals surface area contributed by atoms with Crippen molar-refractivity contribution in [2.45, 2.75) is 6.54 Å². The maximum absolute atomic E-state index is 5.48. The van der Waals surface area contributed by atoms with E-state index >= 15 is 0 Å². The molecule has 0 amide bonds. The Hall–Kier alpha value is -0.740. The molecule has 0 saturated carbocycles. The summed E-state index contributed by atoms with van der Waals surface area (Å²) in [5.41, 5.74) is 2.00. The molecule has 0 aliphatic carbocycles. The first kappa shape index (κ1) is 9.80. The van der Waals surface area contributed by atoms with Gasteiger partial charge in [-0.2, -0.15) is 0 Å². The zero-order chi connectivity index (χ0) is 9.80. The maximum Gasteiger partial charge on any atom is 0.161 e. The molecule has 4 heteroatoms. The van der Waals surface area contributed by atoms with Gasteiger partial charge < -0.3 is 14.8 Å². The minimum Gasteiger partial charge on any atom is -0.486 e. The van der Waals surface area contributed by atoms with E-state index in [1.807, 2.05) is 18.2 Å². The molecule has 3 nitrogen and oxygen atoms in total. The Morgan fingerprint density at radius 1 is 1.21 bits per heavy atom. The first-order valence-corrected chi connectivity index (χ1v) is 5.67. The van der Waals surface area contributed by atoms with Gasteiger partial charge in [-0.1, -0.05) is 22.0 Å². The van der Waals surface area contributed by atoms with Crippen molar-refractivity contribution in [3.05, 3.63) is 23.8 Å². The normalized spacial score (nSPS) is 14.1. The van der Waals surface area contributed by atoms with Crippen molar-refractivity contribution in [1.82, 2.24) is 5.32 Å². The molecule has 0 bridgehead atoms. The van der Waals surface area contributed by atoms with Gasteiger partial charge in [-0.3, -0.25) is 0 Å². The fourth-order valence-electron chi connectivity index (χ4n) is 1.39. The molecular formula is C10H12BrNO2. The number of hydrogen-bond acceptors (Lipinski definition) is 3. The second-order valence-electron chi connectivity index (χ2n) is 3.04. The first-order chi connectivity index (χ1) is 6.90. The molecule has 0 fully saturated rings. The van der Waals surface area contributed by atoms with Crippen molar-refractivity contribution in [1.29, 1.82) is 0 Å². The van der Waals surface area contributed by atoms with Gasteiger partial charge in [0, 0.05) is 6.54 Å². The molecule has 0 saturated heterocycles. The summed E-state index contributed by atoms with van der Waals surface area (Å²) >= 11 is 3.31. The van der Waals surface area contributed by atoms with Gasteiger partial charge in [-0.05, 0) is 17.7 Å². The summed E-state index contributed by atoms with van der Waals surface area (Å²) in [5.74, 6) is 1.70. The fraction of sp³-hybridized carbons (Fsp3) is 0.400. The lowest BCUT2D eigenvalue weighted by Gasteiger charge is -2.18. The highest BCUT2D eigenvalue weighted by Gasteiger charge is 2.10. The maximum atomic E-state index is 5.48. The highest BCUT2D eigenvalue weighted by Crippen LogP contribution is 2.30. The van der Waals surface area contributed by atoms with Crippen molar-refractivity contribution < 1.29 is 9.47 Å². The van der Waals surface area contributed by atoms with Gasteiger partial charge in [0.25, 0.3) is 0 Å². The second kappa shape index (κ2) is 4.66. The first-order valence-electron chi connectivity index (χ1n) is 4.55. The monoisotopic (exact) mass is 257 g/mol. The minimum absolute atomic E-state index is 0.641. The number of fused-ring (bicyclic) bond motifs is 1. The lowest BCUT2D eigenvalue weighted by molar-refractivity contribution is 0.171. The lowest BCUT2D eigenvalue weighted by Crippen LogP contribution is -2.16. The number of ether oxygens (including phenoxy) is 2. The number of halogens is 1. The third-order valence-corrected chi connectivity index (χ3v) is 2.43. The van der Waals surface area contributed by atoms with Crippen LogP contribution in [0.5, 0.6) is 11.5 Å². The van der Waals surface area contributed by atoms with E-state index < -0.39 is 0 Å². The zero-order valence-electron chi connectivity index (χ0n) is 7.75. The summed E-state index contributed by atoms with van der Waals surface area (Å²) in [5, 5.41) is 3.19. The van der Waals surface area contributed by atoms with Gasteiger partial charge in [-0.25, -0.2) is 0 Å². The molecule has 1 aliphatic heterocycles. The van der Waals surface area contributed by atoms with Crippen LogP contribution >= 0.6 is 15.9 Å². The zero-order valence-corrected chi connectivity index (χ0v) is 9.34. The summed E-state index contributed by atoms with van der Waals surface area (Å²) in [7, 11) is 0. The van der Waals surface area contributed by atoms with Crippen LogP contribution in [0.25, 0.3) is 0 Å². The average molecular weight is 258 g/mol. The van der Waals surface area contributed by atoms with Crippen molar-refractivity contribution in [3.8, 4) is 11.5 Å². The Morgan fingerprint density at radius 2 is 2.00 bits per heavy atom. The Morgan fingerprint density at radius 3 is 2.79 bits per heavy atom. The summed E-state index contributed by atoms with van der Waals surface area (Å²) < 4.78 is 10.9. The molecule has 14 heavy (non-hydrogen) atoms. The number of nitrogens with one attached hydrogen (secondary N) is 1. The fourth-order valence-corrected chi connectivity index (χ4v) is 1.59. The van der Waals surface area contributed by atoms with Crippen molar-refractivity contribution in [3.63, 3.8) is 0 Å². The van der Waals surface area contributed by atoms with Crippen LogP contribution in [-0.2, 0) is 6.54 Å². The summed E-state index contributed by atoms with van der Waals surface area (Å²) in [6.07, 6.45) is 0. The molecular weight excluding hydrogens is 246 g/mol. The van der Waals surface area contributed by atoms with Gasteiger partial charge >= 0.3 is 0 Å². The molecule has 1 aromatic carbocycles. The molecule has 1 heterocycles. The van der Waals surface area contributed by atoms with Gasteiger partial charge in [0.05, 0.1) is 5.45 Å². The molecule has 1 aromatic rings. The summed E-state index contributed by atoms with van der Waals surface area (Å²) in [6, 6.07) is 6.02. The molecule has 1 aliphatic rings. The largest absolute Gasteiger partial charge is 0.486 e. The Kier molecular flexibility index (Phi) is 3.26. The van der Waals surface area contributed by atoms with E-state index in [1.54, 1.807) is 0 Å². The molecule has 0 atom stereocenters. The molecule has 0 spiro atoms. The highest BCUT2D eigenvalue weighted by atomic mass is 79.9. The SMILES string of the molecule is BrCNCc1ccc2c(c1)OCCO2. The average Bonchev–Trinajstić information content (AvgIpc) is 2.26. The van der Waals surface area contributed by atoms with Crippen LogP contribution in [-0.4, -0.2) is 18.7 Å². The molecule has 2 rings (SSSR count). The van der Waals surface area contributed by atoms with Crippen LogP contribution in [0.2, 0.25) is 0 Å². The van der Waals surface area contributed by atoms with Gasteiger partial charge in [0.15, 0.2) is 11.5 Å². The van der Waals surface area contributed by atoms with Crippen molar-refractivity contribution >= 4 is 15.9 Å². The topological polar surface area (TPSA) is 30.5 Å². The highest BCUT2D eigenvalue weighted by molar-refractivity contribution is 9.09. The minimum atomic E-state index is 0.641. The quantitative estimate of drug-likeness (QED) is 0.663. The van der Waals surface area contributed by atoms with E-state index in [2.05, 4.69) is 21.2 Å². The smallest absolute Gasteiger partial charge is 0.161 e. The number of alkyl halides is 1. The number of hydrogen-bond donors (Lipinski definition) is 1. The van der Waals surface area contributed by atoms with Crippen molar-refractivity contribution in [2.24, 2.45) is 0 Å². The molecule has 0 radical (unpaired) electrons. The molecule has 0 aromatic heterocycles. The molecule has 0 unspecified atom stereocenters. The lowest BCUT2D eigenvalue weighted by atomic mass is 10.2. The third-order valence-electron chi connectivity index (χ3n) is 2.03. The van der Waals surface area contributed by atoms with E-state index in [4.69, 9.17) is 9.47 Å². The standard InChI is InChI=1S/C10H12BrNO2/c11-7-12-6-8-1-2-9-10(5-8)14-4-3-13-9/h1-2,5,12H,3-4,6-7H2. The van der Waals surface area contributed by atoms with Crippen LogP contribution in [0.1, 0.15) is 5.56 Å². The molecule has 76 valence electrons. The van der Waals surface area contributed by atoms with Gasteiger partial charge in [0.2, 0.25) is 0 Å². The van der Waals surface area contributed by atoms with E-state index in [-0.39, 0.29) is 0 Å². The van der Waals surface area contributed by atoms with E-state index in [1.165, 1.54) is 5.56 Å². The predicted molar refractivity (Wildman–Crippen MR) is 58.1 cm³/mol. The van der Waals surface area contributed by atoms with Crippen molar-refractivity contribution in [2.75, 3.05) is 18.7 Å². The van der Waals surface area contributed by atoms with E-state index in [9.17, 15) is 0 Å². The third kappa shape index (κ3) is 2.19. The second-order valence-corrected chi connectivity index (χ2v) is 3.60. The van der Waals surface area contributed by atoms with Gasteiger partial charge in [0.1, 0.15) is 13.2 Å². The van der Waals surface area contributed by atoms with Gasteiger partial charge in [-0.15, -0.1) is 0 Å². The Labute approximate surface area is 91.5 Å². The van der Waals surface area contributed by atoms with E-state index in [0.717, 1.165) is 23.5 Å².